The molecular weight excluding hydrogens is 338 g/mol. The second kappa shape index (κ2) is 5.21. The van der Waals surface area contributed by atoms with Gasteiger partial charge in [0, 0.05) is 0 Å². The van der Waals surface area contributed by atoms with Crippen molar-refractivity contribution >= 4 is 55.5 Å². The van der Waals surface area contributed by atoms with E-state index < -0.39 is 5.97 Å². The van der Waals surface area contributed by atoms with Gasteiger partial charge in [-0.1, -0.05) is 0 Å². The fourth-order valence-corrected chi connectivity index (χ4v) is 3.44. The van der Waals surface area contributed by atoms with E-state index in [2.05, 4.69) is 21.2 Å². The number of aromatic carboxylic acids is 1. The predicted octanol–water partition coefficient (Wildman–Crippen LogP) is 3.83. The smallest absolute Gasteiger partial charge is 0.345 e. The summed E-state index contributed by atoms with van der Waals surface area (Å²) in [4.78, 5) is 23.4. The first kappa shape index (κ1) is 13.3. The normalized spacial score (nSPS) is 10.3. The summed E-state index contributed by atoms with van der Waals surface area (Å²) in [7, 11) is 0. The number of hydrogen-bond donors (Lipinski definition) is 2. The zero-order chi connectivity index (χ0) is 13.3. The predicted molar refractivity (Wildman–Crippen MR) is 76.0 cm³/mol. The summed E-state index contributed by atoms with van der Waals surface area (Å²) in [6, 6.07) is 4.84. The van der Waals surface area contributed by atoms with Gasteiger partial charge >= 0.3 is 5.97 Å². The second-order valence-electron chi connectivity index (χ2n) is 3.49. The van der Waals surface area contributed by atoms with E-state index >= 15 is 0 Å². The lowest BCUT2D eigenvalue weighted by atomic mass is 10.3. The Morgan fingerprint density at radius 2 is 2.00 bits per heavy atom. The number of thiophene rings is 2. The van der Waals surface area contributed by atoms with Crippen molar-refractivity contribution in [2.45, 2.75) is 6.92 Å². The number of carboxylic acids is 1. The van der Waals surface area contributed by atoms with E-state index in [-0.39, 0.29) is 10.8 Å². The number of carboxylic acid groups (broad SMARTS) is 1. The molecule has 0 aromatic carbocycles. The Bertz CT molecular complexity index is 598. The molecule has 0 radical (unpaired) electrons. The van der Waals surface area contributed by atoms with Crippen LogP contribution in [0.25, 0.3) is 0 Å². The average molecular weight is 346 g/mol. The van der Waals surface area contributed by atoms with Crippen molar-refractivity contribution in [3.05, 3.63) is 37.3 Å². The number of carbonyl (C=O) groups is 2. The zero-order valence-electron chi connectivity index (χ0n) is 9.19. The minimum Gasteiger partial charge on any atom is -0.477 e. The van der Waals surface area contributed by atoms with E-state index in [9.17, 15) is 9.59 Å². The summed E-state index contributed by atoms with van der Waals surface area (Å²) in [5.41, 5.74) is 1.00. The van der Waals surface area contributed by atoms with Gasteiger partial charge in [0.15, 0.2) is 0 Å². The molecule has 94 valence electrons. The van der Waals surface area contributed by atoms with Crippen molar-refractivity contribution in [3.8, 4) is 0 Å². The molecule has 2 aromatic rings. The highest BCUT2D eigenvalue weighted by atomic mass is 79.9. The topological polar surface area (TPSA) is 66.4 Å². The minimum atomic E-state index is -0.991. The number of hydrogen-bond acceptors (Lipinski definition) is 4. The van der Waals surface area contributed by atoms with E-state index in [1.165, 1.54) is 17.4 Å². The van der Waals surface area contributed by atoms with Crippen LogP contribution < -0.4 is 5.32 Å². The summed E-state index contributed by atoms with van der Waals surface area (Å²) in [5.74, 6) is -1.22. The van der Waals surface area contributed by atoms with Crippen LogP contribution in [0.15, 0.2) is 22.0 Å². The molecule has 4 nitrogen and oxygen atoms in total. The molecule has 0 fully saturated rings. The molecule has 0 unspecified atom stereocenters. The van der Waals surface area contributed by atoms with Crippen molar-refractivity contribution in [3.63, 3.8) is 0 Å². The molecule has 0 saturated carbocycles. The first-order valence-electron chi connectivity index (χ1n) is 4.88. The lowest BCUT2D eigenvalue weighted by molar-refractivity contribution is 0.0702. The number of amides is 1. The molecule has 0 spiro atoms. The van der Waals surface area contributed by atoms with E-state index in [0.29, 0.717) is 9.88 Å². The number of rotatable bonds is 3. The summed E-state index contributed by atoms with van der Waals surface area (Å²) in [6.07, 6.45) is 0. The van der Waals surface area contributed by atoms with Crippen LogP contribution in [0.1, 0.15) is 24.9 Å². The quantitative estimate of drug-likeness (QED) is 0.888. The largest absolute Gasteiger partial charge is 0.477 e. The molecule has 0 aliphatic carbocycles. The summed E-state index contributed by atoms with van der Waals surface area (Å²) >= 11 is 5.74. The van der Waals surface area contributed by atoms with Gasteiger partial charge in [-0.15, -0.1) is 22.7 Å². The lowest BCUT2D eigenvalue weighted by Crippen LogP contribution is -2.08. The fraction of sp³-hybridized carbons (Fsp3) is 0.0909. The monoisotopic (exact) mass is 345 g/mol. The zero-order valence-corrected chi connectivity index (χ0v) is 12.4. The molecule has 1 amide bonds. The van der Waals surface area contributed by atoms with Gasteiger partial charge in [0.25, 0.3) is 5.91 Å². The van der Waals surface area contributed by atoms with Gasteiger partial charge in [-0.3, -0.25) is 4.79 Å². The molecule has 0 bridgehead atoms. The molecule has 2 aromatic heterocycles. The maximum Gasteiger partial charge on any atom is 0.345 e. The Morgan fingerprint density at radius 3 is 2.50 bits per heavy atom. The summed E-state index contributed by atoms with van der Waals surface area (Å²) in [5, 5.41) is 12.0. The number of carbonyl (C=O) groups excluding carboxylic acids is 1. The van der Waals surface area contributed by atoms with Gasteiger partial charge in [-0.2, -0.15) is 0 Å². The molecule has 2 heterocycles. The van der Waals surface area contributed by atoms with Crippen LogP contribution in [0.3, 0.4) is 0 Å². The molecule has 0 saturated heterocycles. The van der Waals surface area contributed by atoms with Crippen LogP contribution >= 0.6 is 38.6 Å². The van der Waals surface area contributed by atoms with Crippen molar-refractivity contribution < 1.29 is 14.7 Å². The Balaban J connectivity index is 2.13. The van der Waals surface area contributed by atoms with Gasteiger partial charge in [0.2, 0.25) is 0 Å². The average Bonchev–Trinajstić information content (AvgIpc) is 2.87. The Hall–Kier alpha value is -1.18. The Morgan fingerprint density at radius 1 is 1.28 bits per heavy atom. The molecule has 18 heavy (non-hydrogen) atoms. The maximum absolute atomic E-state index is 11.9. The van der Waals surface area contributed by atoms with E-state index in [0.717, 1.165) is 20.7 Å². The number of halogens is 1. The highest BCUT2D eigenvalue weighted by molar-refractivity contribution is 9.11. The van der Waals surface area contributed by atoms with Gasteiger partial charge < -0.3 is 10.4 Å². The van der Waals surface area contributed by atoms with Crippen molar-refractivity contribution in [1.29, 1.82) is 0 Å². The highest BCUT2D eigenvalue weighted by Crippen LogP contribution is 2.29. The molecule has 0 aliphatic rings. The van der Waals surface area contributed by atoms with E-state index in [1.807, 2.05) is 6.92 Å². The second-order valence-corrected chi connectivity index (χ2v) is 6.94. The highest BCUT2D eigenvalue weighted by Gasteiger charge is 2.13. The molecule has 0 atom stereocenters. The lowest BCUT2D eigenvalue weighted by Gasteiger charge is -1.98. The molecule has 2 rings (SSSR count). The van der Waals surface area contributed by atoms with Crippen LogP contribution in [0.4, 0.5) is 5.00 Å². The maximum atomic E-state index is 11.9. The number of anilines is 1. The third-order valence-electron chi connectivity index (χ3n) is 2.13. The van der Waals surface area contributed by atoms with E-state index in [4.69, 9.17) is 5.11 Å². The van der Waals surface area contributed by atoms with Gasteiger partial charge in [-0.25, -0.2) is 4.79 Å². The van der Waals surface area contributed by atoms with Crippen molar-refractivity contribution in [2.24, 2.45) is 0 Å². The Labute approximate surface area is 119 Å². The van der Waals surface area contributed by atoms with Gasteiger partial charge in [-0.05, 0) is 46.6 Å². The molecular formula is C11H8BrNO3S2. The third-order valence-corrected chi connectivity index (χ3v) is 5.26. The van der Waals surface area contributed by atoms with Gasteiger partial charge in [0.05, 0.1) is 13.7 Å². The molecule has 7 heteroatoms. The molecule has 2 N–H and O–H groups in total. The summed E-state index contributed by atoms with van der Waals surface area (Å²) in [6.45, 7) is 1.91. The van der Waals surface area contributed by atoms with Crippen molar-refractivity contribution in [1.82, 2.24) is 0 Å². The minimum absolute atomic E-state index is 0.203. The van der Waals surface area contributed by atoms with Crippen LogP contribution in [0, 0.1) is 6.92 Å². The Kier molecular flexibility index (Phi) is 3.84. The first-order valence-corrected chi connectivity index (χ1v) is 7.30. The molecule has 0 aliphatic heterocycles. The van der Waals surface area contributed by atoms with Gasteiger partial charge in [0.1, 0.15) is 4.88 Å². The SMILES string of the molecule is Cc1cc(C(=O)Nc2ccc(C(=O)O)s2)sc1Br. The first-order chi connectivity index (χ1) is 8.47. The van der Waals surface area contributed by atoms with Crippen LogP contribution in [0.5, 0.6) is 0 Å². The van der Waals surface area contributed by atoms with Crippen LogP contribution in [-0.2, 0) is 0 Å². The number of nitrogens with one attached hydrogen (secondary N) is 1. The van der Waals surface area contributed by atoms with Crippen molar-refractivity contribution in [2.75, 3.05) is 5.32 Å². The van der Waals surface area contributed by atoms with Crippen LogP contribution in [0.2, 0.25) is 0 Å². The third kappa shape index (κ3) is 2.80. The standard InChI is InChI=1S/C11H8BrNO3S2/c1-5-4-7(18-9(5)12)10(14)13-8-3-2-6(17-8)11(15)16/h2-4H,1H3,(H,13,14)(H,15,16). The number of aryl methyl sites for hydroxylation is 1. The fourth-order valence-electron chi connectivity index (χ4n) is 1.27. The summed E-state index contributed by atoms with van der Waals surface area (Å²) < 4.78 is 0.921. The van der Waals surface area contributed by atoms with E-state index in [1.54, 1.807) is 12.1 Å². The van der Waals surface area contributed by atoms with Crippen LogP contribution in [-0.4, -0.2) is 17.0 Å².